The van der Waals surface area contributed by atoms with Crippen LogP contribution in [-0.4, -0.2) is 18.1 Å². The van der Waals surface area contributed by atoms with Gasteiger partial charge in [0.2, 0.25) is 5.91 Å². The van der Waals surface area contributed by atoms with Crippen LogP contribution in [0.5, 0.6) is 0 Å². The molecule has 0 radical (unpaired) electrons. The molecule has 0 spiro atoms. The molecule has 1 aliphatic heterocycles. The number of carbonyl (C=O) groups excluding carboxylic acids is 1. The molecule has 1 unspecified atom stereocenters. The lowest BCUT2D eigenvalue weighted by atomic mass is 9.97. The Morgan fingerprint density at radius 3 is 2.85 bits per heavy atom. The number of hydrogen-bond acceptors (Lipinski definition) is 3. The van der Waals surface area contributed by atoms with E-state index in [0.29, 0.717) is 11.4 Å². The smallest absolute Gasteiger partial charge is 0.227 e. The molecular formula is C15H14ClNO2S. The zero-order valence-corrected chi connectivity index (χ0v) is 12.5. The van der Waals surface area contributed by atoms with Crippen molar-refractivity contribution in [3.05, 3.63) is 50.7 Å². The van der Waals surface area contributed by atoms with Gasteiger partial charge in [0.1, 0.15) is 6.10 Å². The molecule has 20 heavy (non-hydrogen) atoms. The van der Waals surface area contributed by atoms with E-state index in [4.69, 9.17) is 11.6 Å². The summed E-state index contributed by atoms with van der Waals surface area (Å²) in [4.78, 5) is 14.1. The average molecular weight is 308 g/mol. The van der Waals surface area contributed by atoms with Crippen LogP contribution in [0.1, 0.15) is 28.5 Å². The number of nitrogens with zero attached hydrogens (tertiary/aromatic N) is 1. The molecule has 1 N–H and O–H groups in total. The Bertz CT molecular complexity index is 668. The highest BCUT2D eigenvalue weighted by Gasteiger charge is 2.23. The molecule has 3 nitrogen and oxygen atoms in total. The minimum Gasteiger partial charge on any atom is -0.383 e. The normalized spacial score (nSPS) is 16.1. The van der Waals surface area contributed by atoms with Crippen LogP contribution in [0.2, 0.25) is 5.02 Å². The predicted molar refractivity (Wildman–Crippen MR) is 81.6 cm³/mol. The van der Waals surface area contributed by atoms with Gasteiger partial charge < -0.3 is 10.0 Å². The maximum absolute atomic E-state index is 11.7. The van der Waals surface area contributed by atoms with Crippen LogP contribution in [0.3, 0.4) is 0 Å². The molecule has 3 rings (SSSR count). The highest BCUT2D eigenvalue weighted by atomic mass is 35.5. The third-order valence-corrected chi connectivity index (χ3v) is 5.07. The van der Waals surface area contributed by atoms with Gasteiger partial charge in [-0.3, -0.25) is 4.79 Å². The van der Waals surface area contributed by atoms with Gasteiger partial charge in [-0.05, 0) is 35.1 Å². The molecule has 104 valence electrons. The van der Waals surface area contributed by atoms with Crippen molar-refractivity contribution in [3.63, 3.8) is 0 Å². The minimum atomic E-state index is -0.712. The number of amides is 1. The standard InChI is InChI=1S/C15H14ClNO2S/c1-17-12-4-2-10(8-9(12)3-5-13(17)18)14(19)15-11(16)6-7-20-15/h2,4,6-8,14,19H,3,5H2,1H3. The lowest BCUT2D eigenvalue weighted by Crippen LogP contribution is -2.31. The minimum absolute atomic E-state index is 0.132. The zero-order valence-electron chi connectivity index (χ0n) is 11.0. The number of aliphatic hydroxyl groups is 1. The Labute approximate surface area is 126 Å². The first-order valence-electron chi connectivity index (χ1n) is 6.38. The first-order chi connectivity index (χ1) is 9.58. The van der Waals surface area contributed by atoms with Gasteiger partial charge in [-0.1, -0.05) is 23.7 Å². The van der Waals surface area contributed by atoms with Crippen molar-refractivity contribution in [2.75, 3.05) is 11.9 Å². The lowest BCUT2D eigenvalue weighted by Gasteiger charge is -2.26. The summed E-state index contributed by atoms with van der Waals surface area (Å²) >= 11 is 7.51. The molecule has 1 aliphatic rings. The number of thiophene rings is 1. The number of carbonyl (C=O) groups is 1. The summed E-state index contributed by atoms with van der Waals surface area (Å²) in [5.41, 5.74) is 2.83. The molecular weight excluding hydrogens is 294 g/mol. The first kappa shape index (κ1) is 13.6. The van der Waals surface area contributed by atoms with E-state index in [1.807, 2.05) is 23.6 Å². The summed E-state index contributed by atoms with van der Waals surface area (Å²) in [5, 5.41) is 12.9. The van der Waals surface area contributed by atoms with Gasteiger partial charge in [-0.25, -0.2) is 0 Å². The number of aryl methyl sites for hydroxylation is 1. The fraction of sp³-hybridized carbons (Fsp3) is 0.267. The maximum Gasteiger partial charge on any atom is 0.227 e. The van der Waals surface area contributed by atoms with E-state index >= 15 is 0 Å². The highest BCUT2D eigenvalue weighted by molar-refractivity contribution is 7.10. The van der Waals surface area contributed by atoms with Gasteiger partial charge in [-0.2, -0.15) is 0 Å². The Balaban J connectivity index is 1.97. The Morgan fingerprint density at radius 2 is 2.15 bits per heavy atom. The summed E-state index contributed by atoms with van der Waals surface area (Å²) in [7, 11) is 1.78. The maximum atomic E-state index is 11.7. The largest absolute Gasteiger partial charge is 0.383 e. The summed E-state index contributed by atoms with van der Waals surface area (Å²) < 4.78 is 0. The summed E-state index contributed by atoms with van der Waals surface area (Å²) in [5.74, 6) is 0.132. The molecule has 1 amide bonds. The number of benzene rings is 1. The van der Waals surface area contributed by atoms with Gasteiger partial charge in [0.15, 0.2) is 0 Å². The fourth-order valence-corrected chi connectivity index (χ4v) is 3.67. The van der Waals surface area contributed by atoms with Crippen LogP contribution in [0, 0.1) is 0 Å². The molecule has 5 heteroatoms. The monoisotopic (exact) mass is 307 g/mol. The van der Waals surface area contributed by atoms with E-state index in [2.05, 4.69) is 0 Å². The van der Waals surface area contributed by atoms with Crippen molar-refractivity contribution < 1.29 is 9.90 Å². The van der Waals surface area contributed by atoms with Crippen LogP contribution >= 0.6 is 22.9 Å². The van der Waals surface area contributed by atoms with Gasteiger partial charge in [0.05, 0.1) is 9.90 Å². The van der Waals surface area contributed by atoms with Crippen LogP contribution < -0.4 is 4.90 Å². The number of hydrogen-bond donors (Lipinski definition) is 1. The molecule has 0 aliphatic carbocycles. The number of anilines is 1. The number of fused-ring (bicyclic) bond motifs is 1. The second-order valence-corrected chi connectivity index (χ2v) is 6.23. The second-order valence-electron chi connectivity index (χ2n) is 4.88. The van der Waals surface area contributed by atoms with Crippen LogP contribution in [-0.2, 0) is 11.2 Å². The van der Waals surface area contributed by atoms with E-state index in [-0.39, 0.29) is 5.91 Å². The SMILES string of the molecule is CN1C(=O)CCc2cc(C(O)c3sccc3Cl)ccc21. The molecule has 0 bridgehead atoms. The van der Waals surface area contributed by atoms with Gasteiger partial charge >= 0.3 is 0 Å². The zero-order chi connectivity index (χ0) is 14.3. The van der Waals surface area contributed by atoms with Crippen molar-refractivity contribution in [1.29, 1.82) is 0 Å². The van der Waals surface area contributed by atoms with Crippen molar-refractivity contribution in [1.82, 2.24) is 0 Å². The van der Waals surface area contributed by atoms with Gasteiger partial charge in [-0.15, -0.1) is 11.3 Å². The lowest BCUT2D eigenvalue weighted by molar-refractivity contribution is -0.118. The topological polar surface area (TPSA) is 40.5 Å². The molecule has 2 aromatic rings. The van der Waals surface area contributed by atoms with Gasteiger partial charge in [0.25, 0.3) is 0 Å². The summed E-state index contributed by atoms with van der Waals surface area (Å²) in [6, 6.07) is 7.51. The summed E-state index contributed by atoms with van der Waals surface area (Å²) in [6.45, 7) is 0. The third kappa shape index (κ3) is 2.24. The van der Waals surface area contributed by atoms with E-state index < -0.39 is 6.10 Å². The van der Waals surface area contributed by atoms with Crippen molar-refractivity contribution >= 4 is 34.5 Å². The number of aliphatic hydroxyl groups excluding tert-OH is 1. The molecule has 1 aromatic heterocycles. The molecule has 0 fully saturated rings. The number of rotatable bonds is 2. The Kier molecular flexibility index (Phi) is 3.54. The van der Waals surface area contributed by atoms with Gasteiger partial charge in [0, 0.05) is 19.2 Å². The van der Waals surface area contributed by atoms with Crippen LogP contribution in [0.4, 0.5) is 5.69 Å². The quantitative estimate of drug-likeness (QED) is 0.924. The van der Waals surface area contributed by atoms with Crippen LogP contribution in [0.25, 0.3) is 0 Å². The Hall–Kier alpha value is -1.36. The molecule has 0 saturated heterocycles. The van der Waals surface area contributed by atoms with E-state index in [1.165, 1.54) is 11.3 Å². The summed E-state index contributed by atoms with van der Waals surface area (Å²) in [6.07, 6.45) is 0.524. The van der Waals surface area contributed by atoms with Crippen molar-refractivity contribution in [2.24, 2.45) is 0 Å². The molecule has 1 aromatic carbocycles. The molecule has 1 atom stereocenters. The second kappa shape index (κ2) is 5.20. The predicted octanol–water partition coefficient (Wildman–Crippen LogP) is 3.39. The molecule has 2 heterocycles. The highest BCUT2D eigenvalue weighted by Crippen LogP contribution is 2.35. The number of halogens is 1. The van der Waals surface area contributed by atoms with E-state index in [0.717, 1.165) is 28.1 Å². The Morgan fingerprint density at radius 1 is 1.35 bits per heavy atom. The third-order valence-electron chi connectivity index (χ3n) is 3.66. The van der Waals surface area contributed by atoms with Crippen LogP contribution in [0.15, 0.2) is 29.6 Å². The fourth-order valence-electron chi connectivity index (χ4n) is 2.50. The average Bonchev–Trinajstić information content (AvgIpc) is 2.88. The van der Waals surface area contributed by atoms with E-state index in [9.17, 15) is 9.90 Å². The van der Waals surface area contributed by atoms with Crippen molar-refractivity contribution in [3.8, 4) is 0 Å². The van der Waals surface area contributed by atoms with E-state index in [1.54, 1.807) is 18.0 Å². The first-order valence-corrected chi connectivity index (χ1v) is 7.64. The molecule has 0 saturated carbocycles. The van der Waals surface area contributed by atoms with Crippen molar-refractivity contribution in [2.45, 2.75) is 18.9 Å².